The molecule has 5 heteroatoms. The van der Waals surface area contributed by atoms with Gasteiger partial charge in [0.1, 0.15) is 0 Å². The highest BCUT2D eigenvalue weighted by Crippen LogP contribution is 2.15. The van der Waals surface area contributed by atoms with Crippen molar-refractivity contribution in [1.82, 2.24) is 4.98 Å². The van der Waals surface area contributed by atoms with Crippen molar-refractivity contribution < 1.29 is 9.59 Å². The summed E-state index contributed by atoms with van der Waals surface area (Å²) in [4.78, 5) is 27.1. The molecule has 0 atom stereocenters. The van der Waals surface area contributed by atoms with Gasteiger partial charge in [0.05, 0.1) is 5.75 Å². The van der Waals surface area contributed by atoms with E-state index >= 15 is 0 Å². The Morgan fingerprint density at radius 2 is 1.87 bits per heavy atom. The number of rotatable bonds is 8. The molecule has 1 heterocycles. The highest BCUT2D eigenvalue weighted by molar-refractivity contribution is 8.14. The number of Topliss-reactive ketones (excluding diaryl/α,β-unsaturated/α-hetero) is 1. The Hall–Kier alpha value is -1.59. The van der Waals surface area contributed by atoms with Gasteiger partial charge in [-0.05, 0) is 29.9 Å². The van der Waals surface area contributed by atoms with E-state index in [-0.39, 0.29) is 16.7 Å². The molecular weight excluding hydrogens is 326 g/mol. The number of carbonyl (C=O) groups excluding carboxylic acids is 2. The van der Waals surface area contributed by atoms with E-state index in [0.29, 0.717) is 5.56 Å². The maximum Gasteiger partial charge on any atom is 0.186 e. The number of nitrogens with zero attached hydrogens (tertiary/aromatic N) is 1. The van der Waals surface area contributed by atoms with Crippen LogP contribution in [0.2, 0.25) is 0 Å². The van der Waals surface area contributed by atoms with E-state index in [1.54, 1.807) is 0 Å². The molecule has 23 heavy (non-hydrogen) atoms. The Morgan fingerprint density at radius 1 is 1.09 bits per heavy atom. The zero-order chi connectivity index (χ0) is 16.5. The molecule has 1 aromatic carbocycles. The lowest BCUT2D eigenvalue weighted by atomic mass is 10.1. The highest BCUT2D eigenvalue weighted by atomic mass is 32.2. The molecule has 0 bridgehead atoms. The second kappa shape index (κ2) is 9.53. The summed E-state index contributed by atoms with van der Waals surface area (Å²) in [6.07, 6.45) is 2.78. The van der Waals surface area contributed by atoms with E-state index in [2.05, 4.69) is 4.98 Å². The molecule has 0 fully saturated rings. The highest BCUT2D eigenvalue weighted by Gasteiger charge is 2.07. The number of hydrogen-bond acceptors (Lipinski definition) is 5. The first-order chi connectivity index (χ1) is 11.1. The number of hydrogen-bond donors (Lipinski definition) is 0. The van der Waals surface area contributed by atoms with Crippen molar-refractivity contribution >= 4 is 34.4 Å². The molecule has 0 aliphatic carbocycles. The van der Waals surface area contributed by atoms with E-state index in [9.17, 15) is 9.59 Å². The van der Waals surface area contributed by atoms with Crippen LogP contribution in [0.1, 0.15) is 28.5 Å². The van der Waals surface area contributed by atoms with Crippen molar-refractivity contribution in [3.8, 4) is 0 Å². The third kappa shape index (κ3) is 6.59. The molecule has 2 aromatic rings. The second-order valence-corrected chi connectivity index (χ2v) is 7.28. The molecule has 0 radical (unpaired) electrons. The molecule has 0 spiro atoms. The molecule has 2 rings (SSSR count). The summed E-state index contributed by atoms with van der Waals surface area (Å²) in [5, 5.41) is -0.0284. The third-order valence-corrected chi connectivity index (χ3v) is 5.02. The Balaban J connectivity index is 1.74. The van der Waals surface area contributed by atoms with Crippen LogP contribution >= 0.6 is 23.5 Å². The van der Waals surface area contributed by atoms with Crippen molar-refractivity contribution in [2.45, 2.75) is 19.1 Å². The van der Waals surface area contributed by atoms with E-state index in [0.717, 1.165) is 35.4 Å². The van der Waals surface area contributed by atoms with Gasteiger partial charge in [0.25, 0.3) is 0 Å². The van der Waals surface area contributed by atoms with Crippen LogP contribution in [-0.4, -0.2) is 27.4 Å². The SMILES string of the molecule is CC(=O)SCC(=O)c1ccc(CSCCc2ccccn2)cc1. The standard InChI is InChI=1S/C18H19NO2S2/c1-14(20)23-13-18(21)16-7-5-15(6-8-16)12-22-11-9-17-4-2-3-10-19-17/h2-8,10H,9,11-13H2,1H3. The van der Waals surface area contributed by atoms with Crippen LogP contribution < -0.4 is 0 Å². The number of carbonyl (C=O) groups is 2. The van der Waals surface area contributed by atoms with Crippen LogP contribution in [0, 0.1) is 0 Å². The van der Waals surface area contributed by atoms with Crippen molar-refractivity contribution in [3.63, 3.8) is 0 Å². The monoisotopic (exact) mass is 345 g/mol. The average Bonchev–Trinajstić information content (AvgIpc) is 2.58. The number of pyridine rings is 1. The van der Waals surface area contributed by atoms with Crippen molar-refractivity contribution in [1.29, 1.82) is 0 Å². The maximum atomic E-state index is 11.9. The van der Waals surface area contributed by atoms with Gasteiger partial charge in [-0.2, -0.15) is 11.8 Å². The summed E-state index contributed by atoms with van der Waals surface area (Å²) < 4.78 is 0. The third-order valence-electron chi connectivity index (χ3n) is 3.18. The van der Waals surface area contributed by atoms with Gasteiger partial charge in [0.15, 0.2) is 10.9 Å². The normalized spacial score (nSPS) is 10.5. The lowest BCUT2D eigenvalue weighted by molar-refractivity contribution is -0.109. The Kier molecular flexibility index (Phi) is 7.36. The maximum absolute atomic E-state index is 11.9. The summed E-state index contributed by atoms with van der Waals surface area (Å²) in [5.41, 5.74) is 2.98. The molecule has 0 aliphatic heterocycles. The van der Waals surface area contributed by atoms with Gasteiger partial charge in [-0.1, -0.05) is 42.1 Å². The molecular formula is C18H19NO2S2. The van der Waals surface area contributed by atoms with E-state index in [1.807, 2.05) is 60.4 Å². The van der Waals surface area contributed by atoms with E-state index in [1.165, 1.54) is 12.5 Å². The molecule has 0 amide bonds. The summed E-state index contributed by atoms with van der Waals surface area (Å²) in [7, 11) is 0. The number of thioether (sulfide) groups is 2. The lowest BCUT2D eigenvalue weighted by Gasteiger charge is -2.04. The van der Waals surface area contributed by atoms with Gasteiger partial charge in [-0.3, -0.25) is 14.6 Å². The van der Waals surface area contributed by atoms with Crippen LogP contribution in [0.25, 0.3) is 0 Å². The zero-order valence-corrected chi connectivity index (χ0v) is 14.7. The van der Waals surface area contributed by atoms with Crippen LogP contribution in [0.5, 0.6) is 0 Å². The molecule has 3 nitrogen and oxygen atoms in total. The molecule has 1 aromatic heterocycles. The molecule has 0 aliphatic rings. The second-order valence-electron chi connectivity index (χ2n) is 5.02. The van der Waals surface area contributed by atoms with Crippen LogP contribution in [0.15, 0.2) is 48.7 Å². The summed E-state index contributed by atoms with van der Waals surface area (Å²) in [5.74, 6) is 2.16. The van der Waals surface area contributed by atoms with Gasteiger partial charge in [-0.25, -0.2) is 0 Å². The van der Waals surface area contributed by atoms with Gasteiger partial charge in [0.2, 0.25) is 0 Å². The summed E-state index contributed by atoms with van der Waals surface area (Å²) >= 11 is 2.91. The summed E-state index contributed by atoms with van der Waals surface area (Å²) in [6, 6.07) is 13.6. The quantitative estimate of drug-likeness (QED) is 0.534. The lowest BCUT2D eigenvalue weighted by Crippen LogP contribution is -2.04. The largest absolute Gasteiger partial charge is 0.293 e. The van der Waals surface area contributed by atoms with Crippen LogP contribution in [0.4, 0.5) is 0 Å². The topological polar surface area (TPSA) is 47.0 Å². The smallest absolute Gasteiger partial charge is 0.186 e. The van der Waals surface area contributed by atoms with Gasteiger partial charge in [0, 0.05) is 30.1 Å². The molecule has 0 unspecified atom stereocenters. The average molecular weight is 345 g/mol. The summed E-state index contributed by atoms with van der Waals surface area (Å²) in [6.45, 7) is 1.48. The van der Waals surface area contributed by atoms with Crippen LogP contribution in [0.3, 0.4) is 0 Å². The molecule has 120 valence electrons. The Labute approximate surface area is 145 Å². The van der Waals surface area contributed by atoms with Crippen LogP contribution in [-0.2, 0) is 17.0 Å². The number of aryl methyl sites for hydroxylation is 1. The van der Waals surface area contributed by atoms with Gasteiger partial charge in [-0.15, -0.1) is 0 Å². The predicted octanol–water partition coefficient (Wildman–Crippen LogP) is 4.02. The number of aromatic nitrogens is 1. The first-order valence-corrected chi connectivity index (χ1v) is 9.52. The first-order valence-electron chi connectivity index (χ1n) is 7.38. The Bertz CT molecular complexity index is 642. The predicted molar refractivity (Wildman–Crippen MR) is 98.0 cm³/mol. The fourth-order valence-corrected chi connectivity index (χ4v) is 3.38. The minimum atomic E-state index is -0.0284. The van der Waals surface area contributed by atoms with Crippen molar-refractivity contribution in [3.05, 3.63) is 65.5 Å². The van der Waals surface area contributed by atoms with Crippen molar-refractivity contribution in [2.24, 2.45) is 0 Å². The fourth-order valence-electron chi connectivity index (χ4n) is 1.95. The molecule has 0 saturated heterocycles. The minimum Gasteiger partial charge on any atom is -0.293 e. The Morgan fingerprint density at radius 3 is 2.52 bits per heavy atom. The minimum absolute atomic E-state index is 0.000412. The number of benzene rings is 1. The molecule has 0 saturated carbocycles. The number of ketones is 1. The fraction of sp³-hybridized carbons (Fsp3) is 0.278. The molecule has 0 N–H and O–H groups in total. The van der Waals surface area contributed by atoms with Crippen molar-refractivity contribution in [2.75, 3.05) is 11.5 Å². The van der Waals surface area contributed by atoms with E-state index < -0.39 is 0 Å². The first kappa shape index (κ1) is 17.8. The van der Waals surface area contributed by atoms with Gasteiger partial charge < -0.3 is 0 Å². The zero-order valence-electron chi connectivity index (χ0n) is 13.0. The van der Waals surface area contributed by atoms with E-state index in [4.69, 9.17) is 0 Å². The van der Waals surface area contributed by atoms with Gasteiger partial charge >= 0.3 is 0 Å².